The minimum atomic E-state index is 0.527. The first kappa shape index (κ1) is 14.3. The van der Waals surface area contributed by atoms with E-state index in [4.69, 9.17) is 21.4 Å². The number of aryl methyl sites for hydroxylation is 1. The van der Waals surface area contributed by atoms with E-state index in [-0.39, 0.29) is 0 Å². The Morgan fingerprint density at radius 1 is 1.10 bits per heavy atom. The van der Waals surface area contributed by atoms with Crippen molar-refractivity contribution in [3.8, 4) is 0 Å². The van der Waals surface area contributed by atoms with Crippen LogP contribution in [0.3, 0.4) is 0 Å². The van der Waals surface area contributed by atoms with Crippen LogP contribution in [-0.2, 0) is 0 Å². The van der Waals surface area contributed by atoms with Crippen molar-refractivity contribution in [3.63, 3.8) is 0 Å². The lowest BCUT2D eigenvalue weighted by molar-refractivity contribution is 1.40. The van der Waals surface area contributed by atoms with Crippen LogP contribution in [0.25, 0.3) is 0 Å². The topological polar surface area (TPSA) is 39.1 Å². The summed E-state index contributed by atoms with van der Waals surface area (Å²) in [5.41, 5.74) is 5.12. The summed E-state index contributed by atoms with van der Waals surface area (Å²) >= 11 is 0. The van der Waals surface area contributed by atoms with Gasteiger partial charge in [0, 0.05) is 28.3 Å². The number of nitrogens with one attached hydrogen (secondary N) is 2. The fraction of sp³-hybridized carbons (Fsp3) is 0.133. The van der Waals surface area contributed by atoms with E-state index in [2.05, 4.69) is 5.32 Å². The molecular formula is C15H15B2N3. The smallest absolute Gasteiger partial charge is 0.209 e. The minimum absolute atomic E-state index is 0.527. The van der Waals surface area contributed by atoms with E-state index >= 15 is 0 Å². The van der Waals surface area contributed by atoms with Crippen LogP contribution in [0.4, 0.5) is 17.1 Å². The molecule has 0 heterocycles. The Morgan fingerprint density at radius 2 is 1.75 bits per heavy atom. The van der Waals surface area contributed by atoms with Gasteiger partial charge in [-0.1, -0.05) is 12.1 Å². The lowest BCUT2D eigenvalue weighted by atomic mass is 10.1. The summed E-state index contributed by atoms with van der Waals surface area (Å²) in [6.45, 7) is 3.80. The second-order valence-corrected chi connectivity index (χ2v) is 4.75. The molecule has 0 saturated carbocycles. The van der Waals surface area contributed by atoms with Crippen LogP contribution in [-0.4, -0.2) is 21.7 Å². The Morgan fingerprint density at radius 3 is 2.30 bits per heavy atom. The maximum absolute atomic E-state index is 7.82. The first-order valence-electron chi connectivity index (χ1n) is 6.30. The van der Waals surface area contributed by atoms with Gasteiger partial charge in [-0.05, 0) is 49.7 Å². The van der Waals surface area contributed by atoms with Gasteiger partial charge < -0.3 is 15.4 Å². The van der Waals surface area contributed by atoms with Gasteiger partial charge in [-0.3, -0.25) is 0 Å². The number of anilines is 3. The lowest BCUT2D eigenvalue weighted by Gasteiger charge is -2.16. The third-order valence-corrected chi connectivity index (χ3v) is 3.02. The standard InChI is InChI=1S/C15H15B2N3/c1-10-3-8-14(11(2)18)15(9-10)19-12-4-6-13(7-5-12)20(16)17/h3-9,18-19H,1-2H3. The van der Waals surface area contributed by atoms with Crippen LogP contribution in [0.1, 0.15) is 18.1 Å². The maximum Gasteiger partial charge on any atom is 0.209 e. The normalized spacial score (nSPS) is 10.1. The SMILES string of the molecule is [B]N([B])c1ccc(Nc2cc(C)ccc2C(C)=N)cc1. The van der Waals surface area contributed by atoms with Crippen LogP contribution in [0, 0.1) is 12.3 Å². The average Bonchev–Trinajstić information content (AvgIpc) is 2.39. The highest BCUT2D eigenvalue weighted by Crippen LogP contribution is 2.24. The van der Waals surface area contributed by atoms with E-state index in [1.54, 1.807) is 6.92 Å². The van der Waals surface area contributed by atoms with E-state index in [0.717, 1.165) is 32.9 Å². The molecule has 0 bridgehead atoms. The van der Waals surface area contributed by atoms with Crippen molar-refractivity contribution in [3.05, 3.63) is 53.6 Å². The van der Waals surface area contributed by atoms with Crippen molar-refractivity contribution in [2.24, 2.45) is 0 Å². The summed E-state index contributed by atoms with van der Waals surface area (Å²) in [5, 5.41) is 11.1. The molecule has 0 aliphatic heterocycles. The molecule has 0 saturated heterocycles. The van der Waals surface area contributed by atoms with Crippen LogP contribution in [0.15, 0.2) is 42.5 Å². The molecule has 3 nitrogen and oxygen atoms in total. The average molecular weight is 259 g/mol. The maximum atomic E-state index is 7.82. The molecule has 0 spiro atoms. The number of benzene rings is 2. The van der Waals surface area contributed by atoms with Gasteiger partial charge in [0.25, 0.3) is 0 Å². The molecule has 5 heteroatoms. The summed E-state index contributed by atoms with van der Waals surface area (Å²) < 4.78 is 1.07. The first-order chi connectivity index (χ1) is 9.47. The van der Waals surface area contributed by atoms with Gasteiger partial charge in [0.2, 0.25) is 16.0 Å². The van der Waals surface area contributed by atoms with Gasteiger partial charge in [0.15, 0.2) is 0 Å². The zero-order chi connectivity index (χ0) is 14.7. The van der Waals surface area contributed by atoms with Gasteiger partial charge in [-0.25, -0.2) is 0 Å². The van der Waals surface area contributed by atoms with Crippen molar-refractivity contribution < 1.29 is 0 Å². The molecule has 4 radical (unpaired) electrons. The van der Waals surface area contributed by atoms with E-state index in [0.29, 0.717) is 5.71 Å². The highest BCUT2D eigenvalue weighted by Gasteiger charge is 2.05. The van der Waals surface area contributed by atoms with Crippen LogP contribution < -0.4 is 10.0 Å². The van der Waals surface area contributed by atoms with Gasteiger partial charge in [-0.15, -0.1) is 0 Å². The zero-order valence-corrected chi connectivity index (χ0v) is 11.6. The van der Waals surface area contributed by atoms with E-state index in [1.165, 1.54) is 0 Å². The molecule has 20 heavy (non-hydrogen) atoms. The van der Waals surface area contributed by atoms with Crippen LogP contribution in [0.2, 0.25) is 0 Å². The molecule has 2 N–H and O–H groups in total. The number of nitrogens with zero attached hydrogens (tertiary/aromatic N) is 1. The predicted molar refractivity (Wildman–Crippen MR) is 87.4 cm³/mol. The summed E-state index contributed by atoms with van der Waals surface area (Å²) in [6, 6.07) is 13.4. The van der Waals surface area contributed by atoms with Crippen molar-refractivity contribution in [2.45, 2.75) is 13.8 Å². The van der Waals surface area contributed by atoms with Gasteiger partial charge in [0.05, 0.1) is 0 Å². The van der Waals surface area contributed by atoms with Gasteiger partial charge in [0.1, 0.15) is 0 Å². The molecule has 96 valence electrons. The van der Waals surface area contributed by atoms with E-state index in [1.807, 2.05) is 49.4 Å². The third-order valence-electron chi connectivity index (χ3n) is 3.02. The highest BCUT2D eigenvalue weighted by atomic mass is 14.9. The molecule has 0 fully saturated rings. The van der Waals surface area contributed by atoms with Crippen molar-refractivity contribution in [2.75, 3.05) is 10.0 Å². The molecule has 2 aromatic carbocycles. The molecular weight excluding hydrogens is 244 g/mol. The van der Waals surface area contributed by atoms with Gasteiger partial charge >= 0.3 is 0 Å². The third kappa shape index (κ3) is 3.23. The lowest BCUT2D eigenvalue weighted by Crippen LogP contribution is -2.13. The summed E-state index contributed by atoms with van der Waals surface area (Å²) in [4.78, 5) is 0. The number of hydrogen-bond donors (Lipinski definition) is 2. The predicted octanol–water partition coefficient (Wildman–Crippen LogP) is 3.10. The minimum Gasteiger partial charge on any atom is -0.479 e. The van der Waals surface area contributed by atoms with Crippen molar-refractivity contribution in [1.82, 2.24) is 0 Å². The molecule has 2 rings (SSSR count). The Kier molecular flexibility index (Phi) is 4.18. The van der Waals surface area contributed by atoms with E-state index < -0.39 is 0 Å². The monoisotopic (exact) mass is 259 g/mol. The Labute approximate surface area is 122 Å². The molecule has 0 amide bonds. The quantitative estimate of drug-likeness (QED) is 0.654. The Balaban J connectivity index is 2.29. The molecule has 0 aliphatic carbocycles. The Bertz CT molecular complexity index is 622. The van der Waals surface area contributed by atoms with Crippen LogP contribution in [0.5, 0.6) is 0 Å². The second kappa shape index (κ2) is 5.87. The van der Waals surface area contributed by atoms with Crippen molar-refractivity contribution in [1.29, 1.82) is 5.41 Å². The highest BCUT2D eigenvalue weighted by molar-refractivity contribution is 6.41. The number of hydrogen-bond acceptors (Lipinski definition) is 3. The summed E-state index contributed by atoms with van der Waals surface area (Å²) in [5.74, 6) is 0. The molecule has 0 aromatic heterocycles. The Hall–Kier alpha value is -2.16. The van der Waals surface area contributed by atoms with Gasteiger partial charge in [-0.2, -0.15) is 0 Å². The molecule has 0 aliphatic rings. The molecule has 0 atom stereocenters. The van der Waals surface area contributed by atoms with E-state index in [9.17, 15) is 0 Å². The summed E-state index contributed by atoms with van der Waals surface area (Å²) in [7, 11) is 10.9. The zero-order valence-electron chi connectivity index (χ0n) is 11.6. The van der Waals surface area contributed by atoms with Crippen molar-refractivity contribution >= 4 is 38.7 Å². The van der Waals surface area contributed by atoms with Crippen LogP contribution >= 0.6 is 0 Å². The summed E-state index contributed by atoms with van der Waals surface area (Å²) in [6.07, 6.45) is 0. The number of rotatable bonds is 4. The first-order valence-corrected chi connectivity index (χ1v) is 6.30. The molecule has 0 unspecified atom stereocenters. The largest absolute Gasteiger partial charge is 0.479 e. The fourth-order valence-electron chi connectivity index (χ4n) is 1.96. The fourth-order valence-corrected chi connectivity index (χ4v) is 1.96. The second-order valence-electron chi connectivity index (χ2n) is 4.75. The molecule has 2 aromatic rings.